The number of rotatable bonds is 6. The van der Waals surface area contributed by atoms with Crippen molar-refractivity contribution < 1.29 is 0 Å². The second kappa shape index (κ2) is 8.15. The first-order valence-corrected chi connectivity index (χ1v) is 9.01. The van der Waals surface area contributed by atoms with Gasteiger partial charge in [-0.05, 0) is 39.7 Å². The van der Waals surface area contributed by atoms with Crippen molar-refractivity contribution in [2.24, 2.45) is 15.2 Å². The number of aliphatic imine (C=N–C) groups is 1. The first-order valence-electron chi connectivity index (χ1n) is 8.19. The Kier molecular flexibility index (Phi) is 6.21. The van der Waals surface area contributed by atoms with Crippen molar-refractivity contribution in [1.82, 2.24) is 0 Å². The quantitative estimate of drug-likeness (QED) is 0.501. The molecule has 1 atom stereocenters. The fourth-order valence-electron chi connectivity index (χ4n) is 2.84. The van der Waals surface area contributed by atoms with E-state index < -0.39 is 0 Å². The SMILES string of the molecule is C=N/N=C(\C)[C@H](CC)N=C(c1ccccc1)c1c(C)sc(C)c1C. The highest BCUT2D eigenvalue weighted by Crippen LogP contribution is 2.29. The summed E-state index contributed by atoms with van der Waals surface area (Å²) in [5.41, 5.74) is 5.64. The van der Waals surface area contributed by atoms with Crippen LogP contribution in [0.15, 0.2) is 45.5 Å². The van der Waals surface area contributed by atoms with Crippen molar-refractivity contribution in [2.75, 3.05) is 0 Å². The van der Waals surface area contributed by atoms with Crippen LogP contribution in [0.4, 0.5) is 0 Å². The largest absolute Gasteiger partial charge is 0.275 e. The Morgan fingerprint density at radius 1 is 1.12 bits per heavy atom. The summed E-state index contributed by atoms with van der Waals surface area (Å²) in [6.07, 6.45) is 0.877. The van der Waals surface area contributed by atoms with Gasteiger partial charge in [0, 0.05) is 27.6 Å². The highest BCUT2D eigenvalue weighted by molar-refractivity contribution is 7.12. The molecule has 2 aromatic rings. The van der Waals surface area contributed by atoms with Crippen molar-refractivity contribution in [3.8, 4) is 0 Å². The van der Waals surface area contributed by atoms with Crippen LogP contribution in [0.3, 0.4) is 0 Å². The van der Waals surface area contributed by atoms with E-state index >= 15 is 0 Å². The maximum absolute atomic E-state index is 5.09. The van der Waals surface area contributed by atoms with E-state index in [1.54, 1.807) is 0 Å². The average Bonchev–Trinajstić information content (AvgIpc) is 2.83. The van der Waals surface area contributed by atoms with Gasteiger partial charge < -0.3 is 0 Å². The van der Waals surface area contributed by atoms with Crippen LogP contribution in [-0.4, -0.2) is 24.2 Å². The maximum atomic E-state index is 5.09. The summed E-state index contributed by atoms with van der Waals surface area (Å²) in [6, 6.07) is 10.4. The lowest BCUT2D eigenvalue weighted by Gasteiger charge is -2.15. The minimum Gasteiger partial charge on any atom is -0.275 e. The van der Waals surface area contributed by atoms with E-state index in [-0.39, 0.29) is 6.04 Å². The van der Waals surface area contributed by atoms with Gasteiger partial charge in [-0.25, -0.2) is 0 Å². The van der Waals surface area contributed by atoms with Gasteiger partial charge in [0.1, 0.15) is 0 Å². The molecular formula is C20H25N3S. The van der Waals surface area contributed by atoms with Crippen LogP contribution in [0.1, 0.15) is 46.7 Å². The molecule has 0 saturated heterocycles. The molecule has 0 aliphatic heterocycles. The number of nitrogens with zero attached hydrogens (tertiary/aromatic N) is 3. The van der Waals surface area contributed by atoms with Gasteiger partial charge in [0.05, 0.1) is 17.5 Å². The van der Waals surface area contributed by atoms with Crippen molar-refractivity contribution in [3.05, 3.63) is 56.8 Å². The minimum absolute atomic E-state index is 0.00436. The summed E-state index contributed by atoms with van der Waals surface area (Å²) in [4.78, 5) is 7.74. The van der Waals surface area contributed by atoms with E-state index in [1.165, 1.54) is 20.9 Å². The van der Waals surface area contributed by atoms with Crippen LogP contribution < -0.4 is 0 Å². The molecule has 1 aromatic carbocycles. The number of hydrogen-bond donors (Lipinski definition) is 0. The third-order valence-corrected chi connectivity index (χ3v) is 5.35. The molecule has 1 aromatic heterocycles. The molecule has 1 heterocycles. The topological polar surface area (TPSA) is 37.1 Å². The highest BCUT2D eigenvalue weighted by atomic mass is 32.1. The van der Waals surface area contributed by atoms with E-state index in [0.717, 1.165) is 23.4 Å². The Morgan fingerprint density at radius 3 is 2.29 bits per heavy atom. The van der Waals surface area contributed by atoms with Crippen LogP contribution in [-0.2, 0) is 0 Å². The third kappa shape index (κ3) is 3.88. The lowest BCUT2D eigenvalue weighted by molar-refractivity contribution is 0.813. The average molecular weight is 340 g/mol. The second-order valence-electron chi connectivity index (χ2n) is 5.87. The standard InChI is InChI=1S/C20H25N3S/c1-7-18(14(3)23-21-6)22-20(17-11-9-8-10-12-17)19-13(2)15(4)24-16(19)5/h8-12,18H,6-7H2,1-5H3/b22-20?,23-14+/t18-/m0/s1. The molecule has 0 amide bonds. The number of hydrogen-bond acceptors (Lipinski definition) is 4. The number of benzene rings is 1. The van der Waals surface area contributed by atoms with E-state index in [4.69, 9.17) is 4.99 Å². The summed E-state index contributed by atoms with van der Waals surface area (Å²) in [5.74, 6) is 0. The molecule has 0 radical (unpaired) electrons. The molecule has 0 bridgehead atoms. The van der Waals surface area contributed by atoms with E-state index in [0.29, 0.717) is 0 Å². The summed E-state index contributed by atoms with van der Waals surface area (Å²) in [7, 11) is 0. The molecule has 24 heavy (non-hydrogen) atoms. The predicted octanol–water partition coefficient (Wildman–Crippen LogP) is 5.37. The lowest BCUT2D eigenvalue weighted by atomic mass is 9.98. The number of thiophene rings is 1. The van der Waals surface area contributed by atoms with E-state index in [9.17, 15) is 0 Å². The van der Waals surface area contributed by atoms with Gasteiger partial charge in [-0.15, -0.1) is 11.3 Å². The molecule has 0 aliphatic carbocycles. The Balaban J connectivity index is 2.66. The Hall–Kier alpha value is -2.07. The predicted molar refractivity (Wildman–Crippen MR) is 107 cm³/mol. The molecular weight excluding hydrogens is 314 g/mol. The first kappa shape index (κ1) is 18.3. The van der Waals surface area contributed by atoms with Gasteiger partial charge in [0.15, 0.2) is 0 Å². The van der Waals surface area contributed by atoms with Crippen molar-refractivity contribution >= 4 is 29.5 Å². The second-order valence-corrected chi connectivity index (χ2v) is 7.29. The van der Waals surface area contributed by atoms with Gasteiger partial charge >= 0.3 is 0 Å². The summed E-state index contributed by atoms with van der Waals surface area (Å²) < 4.78 is 0. The minimum atomic E-state index is 0.00436. The fraction of sp³-hybridized carbons (Fsp3) is 0.350. The van der Waals surface area contributed by atoms with E-state index in [2.05, 4.69) is 68.9 Å². The summed E-state index contributed by atoms with van der Waals surface area (Å²) in [6.45, 7) is 14.1. The Morgan fingerprint density at radius 2 is 1.79 bits per heavy atom. The molecule has 0 aliphatic rings. The van der Waals surface area contributed by atoms with Gasteiger partial charge in [-0.1, -0.05) is 37.3 Å². The Bertz CT molecular complexity index is 770. The van der Waals surface area contributed by atoms with Crippen molar-refractivity contribution in [2.45, 2.75) is 47.1 Å². The van der Waals surface area contributed by atoms with Crippen molar-refractivity contribution in [1.29, 1.82) is 0 Å². The summed E-state index contributed by atoms with van der Waals surface area (Å²) in [5, 5.41) is 7.78. The zero-order valence-corrected chi connectivity index (χ0v) is 15.9. The van der Waals surface area contributed by atoms with Crippen molar-refractivity contribution in [3.63, 3.8) is 0 Å². The molecule has 3 nitrogen and oxygen atoms in total. The molecule has 0 fully saturated rings. The van der Waals surface area contributed by atoms with Crippen LogP contribution in [0.25, 0.3) is 0 Å². The van der Waals surface area contributed by atoms with Gasteiger partial charge in [-0.3, -0.25) is 4.99 Å². The van der Waals surface area contributed by atoms with Gasteiger partial charge in [0.2, 0.25) is 0 Å². The molecule has 0 unspecified atom stereocenters. The molecule has 0 saturated carbocycles. The fourth-order valence-corrected chi connectivity index (χ4v) is 3.90. The van der Waals surface area contributed by atoms with Gasteiger partial charge in [0.25, 0.3) is 0 Å². The smallest absolute Gasteiger partial charge is 0.0901 e. The highest BCUT2D eigenvalue weighted by Gasteiger charge is 2.19. The lowest BCUT2D eigenvalue weighted by Crippen LogP contribution is -2.18. The normalized spacial score (nSPS) is 13.9. The van der Waals surface area contributed by atoms with Crippen LogP contribution >= 0.6 is 11.3 Å². The van der Waals surface area contributed by atoms with Crippen LogP contribution in [0, 0.1) is 20.8 Å². The monoisotopic (exact) mass is 339 g/mol. The van der Waals surface area contributed by atoms with E-state index in [1.807, 2.05) is 24.3 Å². The van der Waals surface area contributed by atoms with Crippen LogP contribution in [0.5, 0.6) is 0 Å². The molecule has 0 N–H and O–H groups in total. The molecule has 126 valence electrons. The Labute approximate surface area is 148 Å². The molecule has 0 spiro atoms. The van der Waals surface area contributed by atoms with Gasteiger partial charge in [-0.2, -0.15) is 10.2 Å². The maximum Gasteiger partial charge on any atom is 0.0901 e. The molecule has 4 heteroatoms. The molecule has 2 rings (SSSR count). The van der Waals surface area contributed by atoms with Crippen LogP contribution in [0.2, 0.25) is 0 Å². The third-order valence-electron chi connectivity index (χ3n) is 4.23. The number of aryl methyl sites for hydroxylation is 2. The first-order chi connectivity index (χ1) is 11.5. The zero-order valence-electron chi connectivity index (χ0n) is 15.1. The summed E-state index contributed by atoms with van der Waals surface area (Å²) >= 11 is 1.83. The zero-order chi connectivity index (χ0) is 17.7.